The molecule has 0 amide bonds. The van der Waals surface area contributed by atoms with Crippen LogP contribution in [-0.4, -0.2) is 47.1 Å². The Morgan fingerprint density at radius 1 is 1.25 bits per heavy atom. The number of nitrogen functional groups attached to an aromatic ring is 1. The first-order chi connectivity index (χ1) is 9.69. The highest BCUT2D eigenvalue weighted by Crippen LogP contribution is 2.15. The van der Waals surface area contributed by atoms with Gasteiger partial charge in [0, 0.05) is 25.2 Å². The first kappa shape index (κ1) is 14.8. The van der Waals surface area contributed by atoms with Crippen molar-refractivity contribution in [3.63, 3.8) is 0 Å². The molecule has 2 rings (SSSR count). The maximum atomic E-state index is 5.75. The number of nitrogens with one attached hydrogen (secondary N) is 2. The zero-order valence-electron chi connectivity index (χ0n) is 12.5. The van der Waals surface area contributed by atoms with Gasteiger partial charge in [-0.2, -0.15) is 9.97 Å². The highest BCUT2D eigenvalue weighted by Gasteiger charge is 2.17. The van der Waals surface area contributed by atoms with Crippen molar-refractivity contribution in [2.45, 2.75) is 39.2 Å². The number of hydrogen-bond acceptors (Lipinski definition) is 6. The number of nitrogens with zero attached hydrogens (tertiary/aromatic N) is 3. The Bertz CT molecular complexity index is 416. The van der Waals surface area contributed by atoms with Gasteiger partial charge < -0.3 is 16.4 Å². The summed E-state index contributed by atoms with van der Waals surface area (Å²) in [6.07, 6.45) is 3.68. The molecule has 112 valence electrons. The van der Waals surface area contributed by atoms with Gasteiger partial charge in [-0.3, -0.25) is 4.90 Å². The molecule has 6 nitrogen and oxygen atoms in total. The molecule has 20 heavy (non-hydrogen) atoms. The van der Waals surface area contributed by atoms with Crippen LogP contribution in [0.1, 0.15) is 33.1 Å². The summed E-state index contributed by atoms with van der Waals surface area (Å²) in [6, 6.07) is 2.43. The number of anilines is 3. The van der Waals surface area contributed by atoms with E-state index in [1.807, 2.05) is 6.07 Å². The van der Waals surface area contributed by atoms with Gasteiger partial charge in [-0.15, -0.1) is 0 Å². The van der Waals surface area contributed by atoms with Gasteiger partial charge in [0.2, 0.25) is 5.95 Å². The smallest absolute Gasteiger partial charge is 0.223 e. The third kappa shape index (κ3) is 4.23. The summed E-state index contributed by atoms with van der Waals surface area (Å²) in [5, 5.41) is 6.60. The van der Waals surface area contributed by atoms with E-state index < -0.39 is 0 Å². The molecule has 2 heterocycles. The van der Waals surface area contributed by atoms with Crippen molar-refractivity contribution in [1.29, 1.82) is 0 Å². The summed E-state index contributed by atoms with van der Waals surface area (Å²) in [5.41, 5.74) is 5.75. The van der Waals surface area contributed by atoms with Crippen molar-refractivity contribution in [3.8, 4) is 0 Å². The number of likely N-dealkylation sites (tertiary alicyclic amines) is 1. The van der Waals surface area contributed by atoms with Crippen molar-refractivity contribution in [2.24, 2.45) is 0 Å². The van der Waals surface area contributed by atoms with Crippen LogP contribution in [0.5, 0.6) is 0 Å². The van der Waals surface area contributed by atoms with Gasteiger partial charge in [-0.25, -0.2) is 0 Å². The van der Waals surface area contributed by atoms with Crippen LogP contribution in [0.4, 0.5) is 17.6 Å². The first-order valence-corrected chi connectivity index (χ1v) is 7.55. The second kappa shape index (κ2) is 7.28. The quantitative estimate of drug-likeness (QED) is 0.705. The SMILES string of the molecule is CCCNc1cc(NCC(C)N2CCCC2)nc(N)n1. The number of hydrogen-bond donors (Lipinski definition) is 3. The standard InChI is InChI=1S/C14H26N6/c1-3-6-16-12-9-13(19-14(15)18-12)17-10-11(2)20-7-4-5-8-20/h9,11H,3-8,10H2,1-2H3,(H4,15,16,17,18,19). The topological polar surface area (TPSA) is 79.1 Å². The van der Waals surface area contributed by atoms with E-state index in [9.17, 15) is 0 Å². The normalized spacial score (nSPS) is 17.1. The predicted molar refractivity (Wildman–Crippen MR) is 84.0 cm³/mol. The molecule has 1 aromatic rings. The van der Waals surface area contributed by atoms with Gasteiger partial charge in [0.25, 0.3) is 0 Å². The zero-order chi connectivity index (χ0) is 14.4. The Balaban J connectivity index is 1.89. The van der Waals surface area contributed by atoms with Gasteiger partial charge in [0.15, 0.2) is 0 Å². The Kier molecular flexibility index (Phi) is 5.40. The van der Waals surface area contributed by atoms with Crippen LogP contribution in [0, 0.1) is 0 Å². The highest BCUT2D eigenvalue weighted by molar-refractivity contribution is 5.51. The summed E-state index contributed by atoms with van der Waals surface area (Å²) >= 11 is 0. The maximum Gasteiger partial charge on any atom is 0.223 e. The van der Waals surface area contributed by atoms with Crippen molar-refractivity contribution in [2.75, 3.05) is 42.5 Å². The van der Waals surface area contributed by atoms with Gasteiger partial charge in [-0.1, -0.05) is 6.92 Å². The minimum atomic E-state index is 0.308. The maximum absolute atomic E-state index is 5.75. The minimum absolute atomic E-state index is 0.308. The number of rotatable bonds is 7. The third-order valence-corrected chi connectivity index (χ3v) is 3.64. The van der Waals surface area contributed by atoms with Crippen molar-refractivity contribution >= 4 is 17.6 Å². The van der Waals surface area contributed by atoms with Gasteiger partial charge in [0.1, 0.15) is 11.6 Å². The molecule has 0 aliphatic carbocycles. The zero-order valence-corrected chi connectivity index (χ0v) is 12.5. The van der Waals surface area contributed by atoms with Crippen LogP contribution in [0.3, 0.4) is 0 Å². The molecule has 0 aromatic carbocycles. The lowest BCUT2D eigenvalue weighted by Gasteiger charge is -2.24. The van der Waals surface area contributed by atoms with E-state index in [1.54, 1.807) is 0 Å². The number of nitrogens with two attached hydrogens (primary N) is 1. The van der Waals surface area contributed by atoms with Crippen LogP contribution < -0.4 is 16.4 Å². The van der Waals surface area contributed by atoms with Crippen LogP contribution in [-0.2, 0) is 0 Å². The number of aromatic nitrogens is 2. The Hall–Kier alpha value is -1.56. The fourth-order valence-corrected chi connectivity index (χ4v) is 2.46. The third-order valence-electron chi connectivity index (χ3n) is 3.64. The Labute approximate surface area is 121 Å². The average molecular weight is 278 g/mol. The lowest BCUT2D eigenvalue weighted by Crippen LogP contribution is -2.35. The van der Waals surface area contributed by atoms with E-state index in [2.05, 4.69) is 39.3 Å². The molecule has 6 heteroatoms. The van der Waals surface area contributed by atoms with E-state index in [-0.39, 0.29) is 0 Å². The van der Waals surface area contributed by atoms with E-state index in [4.69, 9.17) is 5.73 Å². The first-order valence-electron chi connectivity index (χ1n) is 7.55. The molecule has 1 saturated heterocycles. The van der Waals surface area contributed by atoms with Crippen LogP contribution in [0.15, 0.2) is 6.07 Å². The molecule has 1 fully saturated rings. The second-order valence-electron chi connectivity index (χ2n) is 5.40. The predicted octanol–water partition coefficient (Wildman–Crippen LogP) is 1.78. The van der Waals surface area contributed by atoms with E-state index in [0.717, 1.165) is 31.1 Å². The molecule has 0 spiro atoms. The lowest BCUT2D eigenvalue weighted by molar-refractivity contribution is 0.269. The highest BCUT2D eigenvalue weighted by atomic mass is 15.2. The molecular weight excluding hydrogens is 252 g/mol. The monoisotopic (exact) mass is 278 g/mol. The molecule has 1 aliphatic rings. The van der Waals surface area contributed by atoms with Crippen LogP contribution in [0.2, 0.25) is 0 Å². The van der Waals surface area contributed by atoms with Crippen molar-refractivity contribution in [3.05, 3.63) is 6.07 Å². The molecule has 1 aromatic heterocycles. The molecule has 1 atom stereocenters. The van der Waals surface area contributed by atoms with E-state index >= 15 is 0 Å². The summed E-state index contributed by atoms with van der Waals surface area (Å²) < 4.78 is 0. The van der Waals surface area contributed by atoms with Crippen LogP contribution >= 0.6 is 0 Å². The fourth-order valence-electron chi connectivity index (χ4n) is 2.46. The fraction of sp³-hybridized carbons (Fsp3) is 0.714. The van der Waals surface area contributed by atoms with E-state index in [1.165, 1.54) is 25.9 Å². The molecule has 0 bridgehead atoms. The molecule has 0 saturated carbocycles. The Morgan fingerprint density at radius 3 is 2.55 bits per heavy atom. The van der Waals surface area contributed by atoms with E-state index in [0.29, 0.717) is 12.0 Å². The van der Waals surface area contributed by atoms with Gasteiger partial charge >= 0.3 is 0 Å². The molecule has 1 aliphatic heterocycles. The molecular formula is C14H26N6. The van der Waals surface area contributed by atoms with Crippen LogP contribution in [0.25, 0.3) is 0 Å². The second-order valence-corrected chi connectivity index (χ2v) is 5.40. The van der Waals surface area contributed by atoms with Crippen molar-refractivity contribution in [1.82, 2.24) is 14.9 Å². The van der Waals surface area contributed by atoms with Gasteiger partial charge in [-0.05, 0) is 39.3 Å². The molecule has 0 radical (unpaired) electrons. The Morgan fingerprint density at radius 2 is 1.90 bits per heavy atom. The summed E-state index contributed by atoms with van der Waals surface area (Å²) in [4.78, 5) is 10.9. The average Bonchev–Trinajstić information content (AvgIpc) is 2.96. The van der Waals surface area contributed by atoms with Crippen molar-refractivity contribution < 1.29 is 0 Å². The summed E-state index contributed by atoms with van der Waals surface area (Å²) in [5.74, 6) is 1.89. The summed E-state index contributed by atoms with van der Waals surface area (Å²) in [7, 11) is 0. The van der Waals surface area contributed by atoms with Gasteiger partial charge in [0.05, 0.1) is 0 Å². The minimum Gasteiger partial charge on any atom is -0.370 e. The lowest BCUT2D eigenvalue weighted by atomic mass is 10.3. The summed E-state index contributed by atoms with van der Waals surface area (Å²) in [6.45, 7) is 8.55. The largest absolute Gasteiger partial charge is 0.370 e. The molecule has 4 N–H and O–H groups in total. The molecule has 1 unspecified atom stereocenters.